The van der Waals surface area contributed by atoms with Crippen LogP contribution in [0.3, 0.4) is 0 Å². The smallest absolute Gasteiger partial charge is 0.322 e. The van der Waals surface area contributed by atoms with Gasteiger partial charge in [0.1, 0.15) is 6.04 Å². The van der Waals surface area contributed by atoms with Crippen molar-refractivity contribution in [2.75, 3.05) is 27.7 Å². The molecule has 0 aliphatic carbocycles. The molecule has 4 nitrogen and oxygen atoms in total. The summed E-state index contributed by atoms with van der Waals surface area (Å²) in [6.45, 7) is 0.475. The molecule has 0 radical (unpaired) electrons. The van der Waals surface area contributed by atoms with E-state index in [4.69, 9.17) is 5.11 Å². The number of likely N-dealkylation sites (N-methyl/N-ethyl adjacent to an activating group) is 2. The maximum Gasteiger partial charge on any atom is 0.322 e. The second-order valence-corrected chi connectivity index (χ2v) is 2.38. The largest absolute Gasteiger partial charge is 0.480 e. The summed E-state index contributed by atoms with van der Waals surface area (Å²) in [7, 11) is 5.23. The summed E-state index contributed by atoms with van der Waals surface area (Å²) in [5.41, 5.74) is 0. The highest BCUT2D eigenvalue weighted by molar-refractivity contribution is 5.73. The van der Waals surface area contributed by atoms with Gasteiger partial charge >= 0.3 is 5.97 Å². The molecule has 0 saturated heterocycles. The topological polar surface area (TPSA) is 52.6 Å². The SMILES string of the molecule is CNC[C@H](C(=O)O)N(C)C. The predicted molar refractivity (Wildman–Crippen MR) is 39.0 cm³/mol. The first-order valence-electron chi connectivity index (χ1n) is 3.13. The van der Waals surface area contributed by atoms with E-state index in [9.17, 15) is 4.79 Å². The number of nitrogens with one attached hydrogen (secondary N) is 1. The van der Waals surface area contributed by atoms with Gasteiger partial charge in [-0.3, -0.25) is 9.69 Å². The Kier molecular flexibility index (Phi) is 3.99. The number of carboxylic acid groups (broad SMARTS) is 1. The maximum absolute atomic E-state index is 10.4. The first kappa shape index (κ1) is 9.39. The van der Waals surface area contributed by atoms with Crippen molar-refractivity contribution in [1.82, 2.24) is 10.2 Å². The van der Waals surface area contributed by atoms with Crippen LogP contribution in [0.15, 0.2) is 0 Å². The standard InChI is InChI=1S/C6H14N2O2/c1-7-4-5(6(9)10)8(2)3/h5,7H,4H2,1-3H3,(H,9,10)/t5-/m1/s1. The van der Waals surface area contributed by atoms with Gasteiger partial charge in [-0.1, -0.05) is 0 Å². The zero-order chi connectivity index (χ0) is 8.15. The molecule has 2 N–H and O–H groups in total. The van der Waals surface area contributed by atoms with E-state index >= 15 is 0 Å². The summed E-state index contributed by atoms with van der Waals surface area (Å²) in [5.74, 6) is -0.792. The minimum Gasteiger partial charge on any atom is -0.480 e. The average molecular weight is 146 g/mol. The van der Waals surface area contributed by atoms with E-state index < -0.39 is 12.0 Å². The molecule has 0 saturated carbocycles. The van der Waals surface area contributed by atoms with Gasteiger partial charge in [0.15, 0.2) is 0 Å². The highest BCUT2D eigenvalue weighted by atomic mass is 16.4. The van der Waals surface area contributed by atoms with Crippen LogP contribution in [0.1, 0.15) is 0 Å². The van der Waals surface area contributed by atoms with Gasteiger partial charge in [0, 0.05) is 6.54 Å². The Balaban J connectivity index is 3.85. The molecule has 4 heteroatoms. The lowest BCUT2D eigenvalue weighted by molar-refractivity contribution is -0.142. The van der Waals surface area contributed by atoms with Crippen LogP contribution in [0, 0.1) is 0 Å². The lowest BCUT2D eigenvalue weighted by atomic mass is 10.3. The minimum atomic E-state index is -0.792. The molecule has 0 aromatic carbocycles. The van der Waals surface area contributed by atoms with E-state index in [1.54, 1.807) is 26.0 Å². The second kappa shape index (κ2) is 4.24. The molecule has 0 rings (SSSR count). The molecule has 10 heavy (non-hydrogen) atoms. The molecule has 0 fully saturated rings. The zero-order valence-corrected chi connectivity index (χ0v) is 6.59. The Morgan fingerprint density at radius 2 is 2.20 bits per heavy atom. The van der Waals surface area contributed by atoms with Gasteiger partial charge in [0.25, 0.3) is 0 Å². The van der Waals surface area contributed by atoms with Gasteiger partial charge in [-0.2, -0.15) is 0 Å². The second-order valence-electron chi connectivity index (χ2n) is 2.38. The molecule has 1 atom stereocenters. The number of hydrogen-bond donors (Lipinski definition) is 2. The summed E-state index contributed by atoms with van der Waals surface area (Å²) in [5, 5.41) is 11.4. The Hall–Kier alpha value is -0.610. The van der Waals surface area contributed by atoms with Crippen LogP contribution in [0.25, 0.3) is 0 Å². The number of hydrogen-bond acceptors (Lipinski definition) is 3. The van der Waals surface area contributed by atoms with E-state index in [1.807, 2.05) is 0 Å². The normalized spacial score (nSPS) is 13.6. The number of aliphatic carboxylic acids is 1. The first-order valence-corrected chi connectivity index (χ1v) is 3.13. The Bertz CT molecular complexity index is 114. The fourth-order valence-electron chi connectivity index (χ4n) is 0.684. The summed E-state index contributed by atoms with van der Waals surface area (Å²) < 4.78 is 0. The number of carboxylic acids is 1. The van der Waals surface area contributed by atoms with Crippen molar-refractivity contribution in [2.45, 2.75) is 6.04 Å². The van der Waals surface area contributed by atoms with E-state index in [-0.39, 0.29) is 0 Å². The third-order valence-electron chi connectivity index (χ3n) is 1.31. The molecule has 0 spiro atoms. The van der Waals surface area contributed by atoms with E-state index in [0.29, 0.717) is 6.54 Å². The molecule has 0 aromatic heterocycles. The number of carbonyl (C=O) groups is 1. The summed E-state index contributed by atoms with van der Waals surface area (Å²) in [6, 6.07) is -0.426. The van der Waals surface area contributed by atoms with Gasteiger partial charge in [-0.05, 0) is 21.1 Å². The van der Waals surface area contributed by atoms with Crippen LogP contribution in [0.5, 0.6) is 0 Å². The van der Waals surface area contributed by atoms with Gasteiger partial charge in [0.05, 0.1) is 0 Å². The summed E-state index contributed by atoms with van der Waals surface area (Å²) >= 11 is 0. The van der Waals surface area contributed by atoms with Crippen LogP contribution in [-0.2, 0) is 4.79 Å². The van der Waals surface area contributed by atoms with Crippen LogP contribution in [0.4, 0.5) is 0 Å². The molecule has 0 bridgehead atoms. The summed E-state index contributed by atoms with van der Waals surface area (Å²) in [4.78, 5) is 12.1. The van der Waals surface area contributed by atoms with E-state index in [2.05, 4.69) is 5.32 Å². The van der Waals surface area contributed by atoms with Crippen LogP contribution in [-0.4, -0.2) is 49.7 Å². The zero-order valence-electron chi connectivity index (χ0n) is 6.59. The molecule has 0 unspecified atom stereocenters. The molecular formula is C6H14N2O2. The van der Waals surface area contributed by atoms with Crippen LogP contribution < -0.4 is 5.32 Å². The average Bonchev–Trinajstić information content (AvgIpc) is 1.81. The lowest BCUT2D eigenvalue weighted by Gasteiger charge is -2.18. The van der Waals surface area contributed by atoms with Crippen molar-refractivity contribution in [1.29, 1.82) is 0 Å². The molecule has 60 valence electrons. The molecule has 0 aromatic rings. The monoisotopic (exact) mass is 146 g/mol. The van der Waals surface area contributed by atoms with Gasteiger partial charge in [-0.25, -0.2) is 0 Å². The van der Waals surface area contributed by atoms with Crippen molar-refractivity contribution in [3.05, 3.63) is 0 Å². The molecule has 0 heterocycles. The molecule has 0 aliphatic heterocycles. The van der Waals surface area contributed by atoms with Gasteiger partial charge in [0.2, 0.25) is 0 Å². The fraction of sp³-hybridized carbons (Fsp3) is 0.833. The minimum absolute atomic E-state index is 0.426. The van der Waals surface area contributed by atoms with Gasteiger partial charge < -0.3 is 10.4 Å². The van der Waals surface area contributed by atoms with E-state index in [0.717, 1.165) is 0 Å². The van der Waals surface area contributed by atoms with E-state index in [1.165, 1.54) is 0 Å². The summed E-state index contributed by atoms with van der Waals surface area (Å²) in [6.07, 6.45) is 0. The highest BCUT2D eigenvalue weighted by Gasteiger charge is 2.17. The number of nitrogens with zero attached hydrogens (tertiary/aromatic N) is 1. The Morgan fingerprint density at radius 1 is 1.70 bits per heavy atom. The lowest BCUT2D eigenvalue weighted by Crippen LogP contribution is -2.42. The van der Waals surface area contributed by atoms with Crippen molar-refractivity contribution in [2.24, 2.45) is 0 Å². The Labute approximate surface area is 60.8 Å². The molecular weight excluding hydrogens is 132 g/mol. The maximum atomic E-state index is 10.4. The van der Waals surface area contributed by atoms with Crippen molar-refractivity contribution in [3.63, 3.8) is 0 Å². The number of rotatable bonds is 4. The van der Waals surface area contributed by atoms with Crippen LogP contribution in [0.2, 0.25) is 0 Å². The van der Waals surface area contributed by atoms with Gasteiger partial charge in [-0.15, -0.1) is 0 Å². The van der Waals surface area contributed by atoms with Crippen molar-refractivity contribution < 1.29 is 9.90 Å². The Morgan fingerprint density at radius 3 is 2.30 bits per heavy atom. The third-order valence-corrected chi connectivity index (χ3v) is 1.31. The fourth-order valence-corrected chi connectivity index (χ4v) is 0.684. The quantitative estimate of drug-likeness (QED) is 0.546. The van der Waals surface area contributed by atoms with Crippen LogP contribution >= 0.6 is 0 Å². The molecule has 0 aliphatic rings. The van der Waals surface area contributed by atoms with Crippen molar-refractivity contribution >= 4 is 5.97 Å². The third kappa shape index (κ3) is 2.80. The predicted octanol–water partition coefficient (Wildman–Crippen LogP) is -0.779. The molecule has 0 amide bonds. The highest BCUT2D eigenvalue weighted by Crippen LogP contribution is 1.90. The first-order chi connectivity index (χ1) is 4.59. The van der Waals surface area contributed by atoms with Crippen molar-refractivity contribution in [3.8, 4) is 0 Å².